The van der Waals surface area contributed by atoms with Crippen LogP contribution >= 0.6 is 23.2 Å². The summed E-state index contributed by atoms with van der Waals surface area (Å²) in [4.78, 5) is 22.0. The minimum atomic E-state index is -1.73. The van der Waals surface area contributed by atoms with Gasteiger partial charge >= 0.3 is 0 Å². The maximum Gasteiger partial charge on any atom is 0.266 e. The molecule has 5 N–H and O–H groups in total. The average molecular weight is 630 g/mol. The molecule has 3 aromatic carbocycles. The van der Waals surface area contributed by atoms with Gasteiger partial charge in [-0.1, -0.05) is 58.6 Å². The lowest BCUT2D eigenvalue weighted by atomic mass is 9.81. The zero-order valence-corrected chi connectivity index (χ0v) is 24.4. The molecule has 1 heterocycles. The number of ether oxygens (including phenoxy) is 2. The lowest BCUT2D eigenvalue weighted by Gasteiger charge is -2.32. The first-order valence-electron chi connectivity index (χ1n) is 13.3. The van der Waals surface area contributed by atoms with Gasteiger partial charge in [-0.05, 0) is 47.5 Å². The summed E-state index contributed by atoms with van der Waals surface area (Å²) in [6.07, 6.45) is -0.693. The molecule has 0 aromatic heterocycles. The van der Waals surface area contributed by atoms with Gasteiger partial charge in [-0.25, -0.2) is 10.4 Å². The third kappa shape index (κ3) is 7.56. The first-order valence-corrected chi connectivity index (χ1v) is 14.1. The van der Waals surface area contributed by atoms with E-state index in [-0.39, 0.29) is 23.9 Å². The first kappa shape index (κ1) is 32.1. The molecule has 43 heavy (non-hydrogen) atoms. The van der Waals surface area contributed by atoms with Crippen molar-refractivity contribution in [2.45, 2.75) is 30.5 Å². The van der Waals surface area contributed by atoms with Gasteiger partial charge in [0.05, 0.1) is 25.9 Å². The number of azide groups is 1. The van der Waals surface area contributed by atoms with Crippen LogP contribution in [0, 0.1) is 0 Å². The Kier molecular flexibility index (Phi) is 11.2. The summed E-state index contributed by atoms with van der Waals surface area (Å²) in [5.41, 5.74) is 14.4. The number of aliphatic hydroxyl groups is 3. The minimum Gasteiger partial charge on any atom is -0.494 e. The number of nitrogens with zero attached hydrogens (tertiary/aromatic N) is 4. The molecule has 0 bridgehead atoms. The molecule has 4 rings (SSSR count). The molecular weight excluding hydrogens is 599 g/mol. The third-order valence-electron chi connectivity index (χ3n) is 6.71. The van der Waals surface area contributed by atoms with Crippen molar-refractivity contribution < 1.29 is 29.6 Å². The van der Waals surface area contributed by atoms with Gasteiger partial charge in [0.25, 0.3) is 5.91 Å². The van der Waals surface area contributed by atoms with Crippen molar-refractivity contribution >= 4 is 40.7 Å². The van der Waals surface area contributed by atoms with Crippen LogP contribution in [0.1, 0.15) is 29.2 Å². The number of benzene rings is 3. The molecule has 1 aliphatic heterocycles. The van der Waals surface area contributed by atoms with E-state index in [0.29, 0.717) is 46.2 Å². The SMILES string of the molecule is [N-]=[N+]=Nc1ccccc1C[C@]1(C(=O)NNC(CO)CO)N=C(c2ccc(OCCCO)cc2)O[C@H]1c1ccc(Cl)cc1Cl. The standard InChI is InChI=1S/C29H30Cl2N6O6/c30-20-8-11-23(24(31)14-20)26-29(28(41)36-34-21(16-39)17-40,15-19-4-1-2-5-25(19)35-37-32)33-27(43-26)18-6-9-22(10-7-18)42-13-3-12-38/h1-2,4-11,14,21,26,34,38-40H,3,12-13,15-17H2,(H,36,41)/t26-,29-/m0/s1. The van der Waals surface area contributed by atoms with E-state index >= 15 is 0 Å². The van der Waals surface area contributed by atoms with E-state index in [0.717, 1.165) is 0 Å². The number of hydrazine groups is 1. The fraction of sp³-hybridized carbons (Fsp3) is 0.310. The summed E-state index contributed by atoms with van der Waals surface area (Å²) in [5.74, 6) is 0.0453. The van der Waals surface area contributed by atoms with E-state index in [2.05, 4.69) is 20.9 Å². The Labute approximate surface area is 257 Å². The van der Waals surface area contributed by atoms with Crippen LogP contribution in [0.3, 0.4) is 0 Å². The summed E-state index contributed by atoms with van der Waals surface area (Å²) in [7, 11) is 0. The number of amides is 1. The Bertz CT molecular complexity index is 1500. The van der Waals surface area contributed by atoms with E-state index in [9.17, 15) is 15.0 Å². The highest BCUT2D eigenvalue weighted by molar-refractivity contribution is 6.35. The van der Waals surface area contributed by atoms with E-state index in [1.54, 1.807) is 60.7 Å². The average Bonchev–Trinajstić information content (AvgIpc) is 3.39. The molecule has 0 fully saturated rings. The van der Waals surface area contributed by atoms with Crippen LogP contribution in [0.5, 0.6) is 5.75 Å². The summed E-state index contributed by atoms with van der Waals surface area (Å²) in [6.45, 7) is -0.550. The molecular formula is C29H30Cl2N6O6. The fourth-order valence-electron chi connectivity index (χ4n) is 4.49. The Morgan fingerprint density at radius 1 is 1.12 bits per heavy atom. The van der Waals surface area contributed by atoms with E-state index in [1.165, 1.54) is 6.07 Å². The van der Waals surface area contributed by atoms with Gasteiger partial charge in [-0.2, -0.15) is 0 Å². The predicted octanol–water partition coefficient (Wildman–Crippen LogP) is 4.17. The van der Waals surface area contributed by atoms with Crippen LogP contribution in [-0.2, 0) is 16.0 Å². The maximum atomic E-state index is 14.2. The van der Waals surface area contributed by atoms with E-state index < -0.39 is 36.8 Å². The summed E-state index contributed by atoms with van der Waals surface area (Å²) in [5, 5.41) is 32.5. The van der Waals surface area contributed by atoms with Crippen LogP contribution in [0.4, 0.5) is 5.69 Å². The highest BCUT2D eigenvalue weighted by Gasteiger charge is 2.54. The molecule has 3 aromatic rings. The number of rotatable bonds is 14. The second kappa shape index (κ2) is 15.0. The Morgan fingerprint density at radius 3 is 2.53 bits per heavy atom. The van der Waals surface area contributed by atoms with Crippen LogP contribution in [-0.4, -0.2) is 65.1 Å². The lowest BCUT2D eigenvalue weighted by molar-refractivity contribution is -0.130. The number of aliphatic imine (C=N–C) groups is 1. The zero-order chi connectivity index (χ0) is 30.8. The number of aliphatic hydroxyl groups excluding tert-OH is 3. The number of carbonyl (C=O) groups excluding carboxylic acids is 1. The topological polar surface area (TPSA) is 181 Å². The van der Waals surface area contributed by atoms with Gasteiger partial charge in [0.15, 0.2) is 11.6 Å². The molecule has 12 nitrogen and oxygen atoms in total. The van der Waals surface area contributed by atoms with Gasteiger partial charge in [0.1, 0.15) is 5.75 Å². The maximum absolute atomic E-state index is 14.2. The molecule has 0 saturated carbocycles. The molecule has 14 heteroatoms. The monoisotopic (exact) mass is 628 g/mol. The van der Waals surface area contributed by atoms with E-state index in [1.807, 2.05) is 0 Å². The van der Waals surface area contributed by atoms with Gasteiger partial charge in [-0.15, -0.1) is 0 Å². The number of nitrogens with one attached hydrogen (secondary N) is 2. The summed E-state index contributed by atoms with van der Waals surface area (Å²) >= 11 is 12.8. The largest absolute Gasteiger partial charge is 0.494 e. The minimum absolute atomic E-state index is 0.0105. The summed E-state index contributed by atoms with van der Waals surface area (Å²) < 4.78 is 12.0. The van der Waals surface area contributed by atoms with Gasteiger partial charge in [-0.3, -0.25) is 10.2 Å². The highest BCUT2D eigenvalue weighted by Crippen LogP contribution is 2.45. The second-order valence-corrected chi connectivity index (χ2v) is 10.5. The molecule has 226 valence electrons. The van der Waals surface area contributed by atoms with E-state index in [4.69, 9.17) is 48.3 Å². The van der Waals surface area contributed by atoms with Crippen LogP contribution < -0.4 is 15.6 Å². The van der Waals surface area contributed by atoms with Crippen molar-refractivity contribution in [1.82, 2.24) is 10.9 Å². The van der Waals surface area contributed by atoms with Crippen LogP contribution in [0.2, 0.25) is 10.0 Å². The Hall–Kier alpha value is -3.87. The number of hydrogen-bond donors (Lipinski definition) is 5. The first-order chi connectivity index (χ1) is 20.8. The van der Waals surface area contributed by atoms with Crippen LogP contribution in [0.15, 0.2) is 76.8 Å². The summed E-state index contributed by atoms with van der Waals surface area (Å²) in [6, 6.07) is 17.6. The van der Waals surface area contributed by atoms with Crippen molar-refractivity contribution in [3.8, 4) is 5.75 Å². The number of carbonyl (C=O) groups is 1. The molecule has 1 amide bonds. The molecule has 1 aliphatic rings. The van der Waals surface area contributed by atoms with Gasteiger partial charge in [0, 0.05) is 51.2 Å². The van der Waals surface area contributed by atoms with Crippen molar-refractivity contribution in [1.29, 1.82) is 0 Å². The quantitative estimate of drug-likeness (QED) is 0.0583. The normalized spacial score (nSPS) is 17.6. The smallest absolute Gasteiger partial charge is 0.266 e. The molecule has 0 saturated heterocycles. The molecule has 2 atom stereocenters. The lowest BCUT2D eigenvalue weighted by Crippen LogP contribution is -2.57. The third-order valence-corrected chi connectivity index (χ3v) is 7.27. The molecule has 0 radical (unpaired) electrons. The highest BCUT2D eigenvalue weighted by atomic mass is 35.5. The van der Waals surface area contributed by atoms with Crippen molar-refractivity contribution in [2.24, 2.45) is 10.1 Å². The Morgan fingerprint density at radius 2 is 1.86 bits per heavy atom. The predicted molar refractivity (Wildman–Crippen MR) is 161 cm³/mol. The fourth-order valence-corrected chi connectivity index (χ4v) is 5.00. The second-order valence-electron chi connectivity index (χ2n) is 9.61. The van der Waals surface area contributed by atoms with Gasteiger partial charge in [0.2, 0.25) is 5.90 Å². The zero-order valence-electron chi connectivity index (χ0n) is 22.9. The number of halogens is 2. The van der Waals surface area contributed by atoms with Crippen molar-refractivity contribution in [2.75, 3.05) is 26.4 Å². The number of hydrogen-bond acceptors (Lipinski definition) is 9. The van der Waals surface area contributed by atoms with Crippen LogP contribution in [0.25, 0.3) is 10.4 Å². The van der Waals surface area contributed by atoms with Gasteiger partial charge < -0.3 is 24.8 Å². The molecule has 0 unspecified atom stereocenters. The van der Waals surface area contributed by atoms with Crippen molar-refractivity contribution in [3.05, 3.63) is 104 Å². The molecule has 0 spiro atoms. The molecule has 0 aliphatic carbocycles. The van der Waals surface area contributed by atoms with Crippen molar-refractivity contribution in [3.63, 3.8) is 0 Å². The Balaban J connectivity index is 1.85.